The third kappa shape index (κ3) is 15.4. The van der Waals surface area contributed by atoms with Gasteiger partial charge in [0.1, 0.15) is 5.75 Å². The molecule has 0 aliphatic rings. The molecule has 250 valence electrons. The van der Waals surface area contributed by atoms with Gasteiger partial charge >= 0.3 is 11.9 Å². The number of aliphatic hydroxyl groups excluding tert-OH is 1. The zero-order chi connectivity index (χ0) is 32.9. The molecule has 0 spiro atoms. The van der Waals surface area contributed by atoms with E-state index in [0.29, 0.717) is 74.4 Å². The summed E-state index contributed by atoms with van der Waals surface area (Å²) >= 11 is 0. The van der Waals surface area contributed by atoms with Gasteiger partial charge in [0.05, 0.1) is 39.5 Å². The second-order valence-corrected chi connectivity index (χ2v) is 10.9. The maximum absolute atomic E-state index is 14.7. The first kappa shape index (κ1) is 37.7. The first-order valence-electron chi connectivity index (χ1n) is 15.9. The predicted octanol–water partition coefficient (Wildman–Crippen LogP) is 6.88. The molecule has 0 aromatic heterocycles. The minimum absolute atomic E-state index is 0.0839. The van der Waals surface area contributed by atoms with Crippen LogP contribution in [0, 0.1) is 11.6 Å². The lowest BCUT2D eigenvalue weighted by atomic mass is 10.0. The maximum atomic E-state index is 14.7. The summed E-state index contributed by atoms with van der Waals surface area (Å²) in [6.07, 6.45) is 6.68. The van der Waals surface area contributed by atoms with Gasteiger partial charge in [0.15, 0.2) is 17.4 Å². The van der Waals surface area contributed by atoms with Gasteiger partial charge in [-0.3, -0.25) is 4.79 Å². The van der Waals surface area contributed by atoms with E-state index in [2.05, 4.69) is 18.4 Å². The Morgan fingerprint density at radius 3 is 1.96 bits per heavy atom. The van der Waals surface area contributed by atoms with Gasteiger partial charge in [0, 0.05) is 18.7 Å². The van der Waals surface area contributed by atoms with Crippen molar-refractivity contribution in [3.05, 3.63) is 60.2 Å². The zero-order valence-corrected chi connectivity index (χ0v) is 26.8. The second kappa shape index (κ2) is 22.1. The Balaban J connectivity index is 1.62. The van der Waals surface area contributed by atoms with Gasteiger partial charge in [-0.05, 0) is 100 Å². The van der Waals surface area contributed by atoms with Crippen LogP contribution in [0.2, 0.25) is 0 Å². The molecule has 0 aliphatic heterocycles. The molecule has 45 heavy (non-hydrogen) atoms. The van der Waals surface area contributed by atoms with Crippen LogP contribution in [0.5, 0.6) is 11.5 Å². The van der Waals surface area contributed by atoms with E-state index in [1.165, 1.54) is 12.1 Å². The predicted molar refractivity (Wildman–Crippen MR) is 170 cm³/mol. The summed E-state index contributed by atoms with van der Waals surface area (Å²) < 4.78 is 50.8. The minimum atomic E-state index is -0.771. The molecule has 10 heteroatoms. The SMILES string of the molecule is C=C(C)C(=O)OCCCCCOc1c(F)cc(-c2ccc(OCCCCCCOC(=O)CCN(CCC)CCO)cc2)cc1F. The van der Waals surface area contributed by atoms with Crippen LogP contribution in [0.4, 0.5) is 8.78 Å². The van der Waals surface area contributed by atoms with E-state index in [1.54, 1.807) is 31.2 Å². The van der Waals surface area contributed by atoms with E-state index in [9.17, 15) is 18.4 Å². The maximum Gasteiger partial charge on any atom is 0.333 e. The number of unbranched alkanes of at least 4 members (excludes halogenated alkanes) is 5. The fraction of sp³-hybridized carbons (Fsp3) is 0.543. The fourth-order valence-corrected chi connectivity index (χ4v) is 4.50. The summed E-state index contributed by atoms with van der Waals surface area (Å²) in [5, 5.41) is 9.09. The monoisotopic (exact) mass is 633 g/mol. The van der Waals surface area contributed by atoms with Crippen LogP contribution in [0.3, 0.4) is 0 Å². The highest BCUT2D eigenvalue weighted by Gasteiger charge is 2.14. The van der Waals surface area contributed by atoms with Gasteiger partial charge in [-0.1, -0.05) is 25.6 Å². The number of benzene rings is 2. The van der Waals surface area contributed by atoms with Gasteiger partial charge < -0.3 is 29.0 Å². The van der Waals surface area contributed by atoms with E-state index >= 15 is 0 Å². The number of hydrogen-bond acceptors (Lipinski definition) is 8. The number of halogens is 2. The lowest BCUT2D eigenvalue weighted by Gasteiger charge is -2.19. The second-order valence-electron chi connectivity index (χ2n) is 10.9. The normalized spacial score (nSPS) is 11.0. The summed E-state index contributed by atoms with van der Waals surface area (Å²) in [6.45, 7) is 10.6. The van der Waals surface area contributed by atoms with Crippen LogP contribution < -0.4 is 9.47 Å². The number of esters is 2. The van der Waals surface area contributed by atoms with Gasteiger partial charge in [-0.25, -0.2) is 13.6 Å². The van der Waals surface area contributed by atoms with Gasteiger partial charge in [0.2, 0.25) is 0 Å². The molecular formula is C35H49F2NO7. The Bertz CT molecular complexity index is 1140. The van der Waals surface area contributed by atoms with Crippen LogP contribution in [-0.2, 0) is 19.1 Å². The molecular weight excluding hydrogens is 584 g/mol. The molecule has 0 saturated heterocycles. The lowest BCUT2D eigenvalue weighted by Crippen LogP contribution is -2.30. The minimum Gasteiger partial charge on any atom is -0.494 e. The van der Waals surface area contributed by atoms with E-state index in [-0.39, 0.29) is 25.8 Å². The molecule has 0 aliphatic carbocycles. The fourth-order valence-electron chi connectivity index (χ4n) is 4.50. The molecule has 2 aromatic rings. The Kier molecular flexibility index (Phi) is 18.5. The molecule has 8 nitrogen and oxygen atoms in total. The highest BCUT2D eigenvalue weighted by atomic mass is 19.1. The van der Waals surface area contributed by atoms with Crippen LogP contribution >= 0.6 is 0 Å². The summed E-state index contributed by atoms with van der Waals surface area (Å²) in [4.78, 5) is 25.3. The van der Waals surface area contributed by atoms with E-state index in [1.807, 2.05) is 0 Å². The first-order valence-corrected chi connectivity index (χ1v) is 15.9. The van der Waals surface area contributed by atoms with Crippen molar-refractivity contribution in [3.63, 3.8) is 0 Å². The van der Waals surface area contributed by atoms with Crippen LogP contribution in [0.25, 0.3) is 11.1 Å². The van der Waals surface area contributed by atoms with Crippen LogP contribution in [-0.4, -0.2) is 74.6 Å². The molecule has 0 unspecified atom stereocenters. The van der Waals surface area contributed by atoms with Crippen molar-refractivity contribution in [1.29, 1.82) is 0 Å². The smallest absolute Gasteiger partial charge is 0.333 e. The van der Waals surface area contributed by atoms with Gasteiger partial charge in [-0.15, -0.1) is 0 Å². The van der Waals surface area contributed by atoms with E-state index in [0.717, 1.165) is 38.6 Å². The Morgan fingerprint density at radius 1 is 0.778 bits per heavy atom. The van der Waals surface area contributed by atoms with E-state index < -0.39 is 23.4 Å². The standard InChI is InChI=1S/C35H49F2NO7/c1-4-17-38(19-20-39)18-16-33(40)43-22-9-6-5-8-21-42-30-14-12-28(13-15-30)29-25-31(36)34(32(37)26-29)44-23-10-7-11-24-45-35(41)27(2)3/h12-15,25-26,39H,2,4-11,16-24H2,1,3H3. The van der Waals surface area contributed by atoms with Crippen LogP contribution in [0.1, 0.15) is 71.6 Å². The molecule has 0 saturated carbocycles. The average Bonchev–Trinajstić information content (AvgIpc) is 3.02. The number of carbonyl (C=O) groups is 2. The van der Waals surface area contributed by atoms with Crippen molar-refractivity contribution in [2.24, 2.45) is 0 Å². The van der Waals surface area contributed by atoms with Gasteiger partial charge in [-0.2, -0.15) is 0 Å². The highest BCUT2D eigenvalue weighted by Crippen LogP contribution is 2.30. The lowest BCUT2D eigenvalue weighted by molar-refractivity contribution is -0.144. The number of carbonyl (C=O) groups excluding carboxylic acids is 2. The zero-order valence-electron chi connectivity index (χ0n) is 26.8. The largest absolute Gasteiger partial charge is 0.494 e. The summed E-state index contributed by atoms with van der Waals surface area (Å²) in [6, 6.07) is 9.55. The highest BCUT2D eigenvalue weighted by molar-refractivity contribution is 5.86. The topological polar surface area (TPSA) is 94.5 Å². The molecule has 0 atom stereocenters. The molecule has 0 bridgehead atoms. The third-order valence-electron chi connectivity index (χ3n) is 6.96. The summed E-state index contributed by atoms with van der Waals surface area (Å²) in [5.41, 5.74) is 1.39. The molecule has 0 fully saturated rings. The van der Waals surface area contributed by atoms with Crippen molar-refractivity contribution in [1.82, 2.24) is 4.90 Å². The molecule has 0 heterocycles. The molecule has 2 aromatic carbocycles. The quantitative estimate of drug-likeness (QED) is 0.0760. The number of ether oxygens (including phenoxy) is 4. The first-order chi connectivity index (χ1) is 21.7. The number of aliphatic hydroxyl groups is 1. The number of rotatable bonds is 24. The van der Waals surface area contributed by atoms with Crippen molar-refractivity contribution < 1.29 is 42.4 Å². The number of nitrogens with zero attached hydrogens (tertiary/aromatic N) is 1. The van der Waals surface area contributed by atoms with Crippen molar-refractivity contribution >= 4 is 11.9 Å². The Morgan fingerprint density at radius 2 is 1.36 bits per heavy atom. The van der Waals surface area contributed by atoms with Gasteiger partial charge in [0.25, 0.3) is 0 Å². The van der Waals surface area contributed by atoms with Crippen LogP contribution in [0.15, 0.2) is 48.6 Å². The number of hydrogen-bond donors (Lipinski definition) is 1. The molecule has 0 radical (unpaired) electrons. The molecule has 2 rings (SSSR count). The van der Waals surface area contributed by atoms with Crippen molar-refractivity contribution in [3.8, 4) is 22.6 Å². The average molecular weight is 634 g/mol. The molecule has 1 N–H and O–H groups in total. The van der Waals surface area contributed by atoms with Crippen molar-refractivity contribution in [2.75, 3.05) is 52.7 Å². The third-order valence-corrected chi connectivity index (χ3v) is 6.96. The Hall–Kier alpha value is -3.50. The van der Waals surface area contributed by atoms with Crippen molar-refractivity contribution in [2.45, 2.75) is 71.6 Å². The van der Waals surface area contributed by atoms with E-state index in [4.69, 9.17) is 24.1 Å². The molecule has 0 amide bonds. The summed E-state index contributed by atoms with van der Waals surface area (Å²) in [7, 11) is 0. The summed E-state index contributed by atoms with van der Waals surface area (Å²) in [5.74, 6) is -1.92. The Labute approximate surface area is 266 Å².